The minimum Gasteiger partial charge on any atom is -0.468 e. The molecule has 1 N–H and O–H groups in total. The maximum atomic E-state index is 5.56. The van der Waals surface area contributed by atoms with Crippen molar-refractivity contribution in [3.63, 3.8) is 0 Å². The first-order valence-electron chi connectivity index (χ1n) is 5.75. The first kappa shape index (κ1) is 11.6. The van der Waals surface area contributed by atoms with Crippen molar-refractivity contribution < 1.29 is 13.9 Å². The molecule has 0 aliphatic heterocycles. The van der Waals surface area contributed by atoms with Crippen molar-refractivity contribution in [3.05, 3.63) is 24.2 Å². The zero-order chi connectivity index (χ0) is 11.4. The number of ether oxygens (including phenoxy) is 2. The molecule has 1 saturated carbocycles. The van der Waals surface area contributed by atoms with Gasteiger partial charge in [0.2, 0.25) is 0 Å². The van der Waals surface area contributed by atoms with Crippen LogP contribution in [0.4, 0.5) is 0 Å². The third-order valence-corrected chi connectivity index (χ3v) is 3.02. The van der Waals surface area contributed by atoms with Crippen LogP contribution in [-0.4, -0.2) is 32.0 Å². The lowest BCUT2D eigenvalue weighted by atomic mass is 9.85. The molecule has 1 aliphatic rings. The summed E-state index contributed by atoms with van der Waals surface area (Å²) in [6.07, 6.45) is 3.10. The average molecular weight is 225 g/mol. The van der Waals surface area contributed by atoms with Gasteiger partial charge < -0.3 is 19.2 Å². The number of hydrogen-bond acceptors (Lipinski definition) is 4. The van der Waals surface area contributed by atoms with Gasteiger partial charge in [-0.05, 0) is 25.5 Å². The molecule has 2 rings (SSSR count). The minimum atomic E-state index is 0.162. The maximum Gasteiger partial charge on any atom is 0.117 e. The van der Waals surface area contributed by atoms with E-state index >= 15 is 0 Å². The molecule has 1 aromatic rings. The molecule has 1 aliphatic carbocycles. The number of methoxy groups -OCH3 is 1. The van der Waals surface area contributed by atoms with Gasteiger partial charge in [-0.15, -0.1) is 0 Å². The highest BCUT2D eigenvalue weighted by Gasteiger charge is 2.41. The van der Waals surface area contributed by atoms with Crippen molar-refractivity contribution >= 4 is 0 Å². The SMILES string of the molecule is CCOC1CC(NCc2ccco2)C1OC. The van der Waals surface area contributed by atoms with E-state index in [1.807, 2.05) is 19.1 Å². The molecule has 0 bridgehead atoms. The first-order chi connectivity index (χ1) is 7.85. The molecule has 3 unspecified atom stereocenters. The summed E-state index contributed by atoms with van der Waals surface area (Å²) in [5, 5.41) is 3.41. The largest absolute Gasteiger partial charge is 0.468 e. The summed E-state index contributed by atoms with van der Waals surface area (Å²) >= 11 is 0. The molecule has 1 heterocycles. The summed E-state index contributed by atoms with van der Waals surface area (Å²) < 4.78 is 16.2. The molecule has 4 heteroatoms. The quantitative estimate of drug-likeness (QED) is 0.798. The maximum absolute atomic E-state index is 5.56. The van der Waals surface area contributed by atoms with E-state index in [-0.39, 0.29) is 12.2 Å². The molecule has 4 nitrogen and oxygen atoms in total. The van der Waals surface area contributed by atoms with Crippen LogP contribution in [0.5, 0.6) is 0 Å². The number of hydrogen-bond donors (Lipinski definition) is 1. The first-order valence-corrected chi connectivity index (χ1v) is 5.75. The summed E-state index contributed by atoms with van der Waals surface area (Å²) in [6.45, 7) is 3.50. The van der Waals surface area contributed by atoms with Crippen LogP contribution in [0.25, 0.3) is 0 Å². The van der Waals surface area contributed by atoms with E-state index in [0.717, 1.165) is 25.3 Å². The second kappa shape index (κ2) is 5.48. The van der Waals surface area contributed by atoms with E-state index in [9.17, 15) is 0 Å². The van der Waals surface area contributed by atoms with E-state index in [4.69, 9.17) is 13.9 Å². The predicted molar refractivity (Wildman–Crippen MR) is 60.2 cm³/mol. The van der Waals surface area contributed by atoms with Crippen molar-refractivity contribution in [2.24, 2.45) is 0 Å². The fraction of sp³-hybridized carbons (Fsp3) is 0.667. The van der Waals surface area contributed by atoms with Gasteiger partial charge >= 0.3 is 0 Å². The molecule has 0 amide bonds. The van der Waals surface area contributed by atoms with Crippen LogP contribution in [-0.2, 0) is 16.0 Å². The fourth-order valence-electron chi connectivity index (χ4n) is 2.12. The number of rotatable bonds is 6. The molecule has 3 atom stereocenters. The molecular formula is C12H19NO3. The van der Waals surface area contributed by atoms with E-state index in [1.165, 1.54) is 0 Å². The van der Waals surface area contributed by atoms with Gasteiger partial charge in [0, 0.05) is 19.8 Å². The highest BCUT2D eigenvalue weighted by atomic mass is 16.5. The summed E-state index contributed by atoms with van der Waals surface area (Å²) in [7, 11) is 1.73. The lowest BCUT2D eigenvalue weighted by Crippen LogP contribution is -2.59. The van der Waals surface area contributed by atoms with Crippen LogP contribution < -0.4 is 5.32 Å². The molecular weight excluding hydrogens is 206 g/mol. The summed E-state index contributed by atoms with van der Waals surface area (Å²) in [5.41, 5.74) is 0. The minimum absolute atomic E-state index is 0.162. The Morgan fingerprint density at radius 3 is 3.06 bits per heavy atom. The molecule has 1 fully saturated rings. The summed E-state index contributed by atoms with van der Waals surface area (Å²) in [4.78, 5) is 0. The lowest BCUT2D eigenvalue weighted by molar-refractivity contribution is -0.131. The normalized spacial score (nSPS) is 29.0. The van der Waals surface area contributed by atoms with Gasteiger partial charge in [-0.1, -0.05) is 0 Å². The van der Waals surface area contributed by atoms with E-state index in [1.54, 1.807) is 13.4 Å². The second-order valence-corrected chi connectivity index (χ2v) is 4.00. The molecule has 0 radical (unpaired) electrons. The van der Waals surface area contributed by atoms with Crippen molar-refractivity contribution in [1.82, 2.24) is 5.32 Å². The van der Waals surface area contributed by atoms with Gasteiger partial charge in [-0.2, -0.15) is 0 Å². The number of furan rings is 1. The Kier molecular flexibility index (Phi) is 3.98. The van der Waals surface area contributed by atoms with Crippen molar-refractivity contribution in [2.45, 2.75) is 38.1 Å². The van der Waals surface area contributed by atoms with Crippen LogP contribution in [0.3, 0.4) is 0 Å². The average Bonchev–Trinajstić information content (AvgIpc) is 2.75. The molecule has 90 valence electrons. The standard InChI is InChI=1S/C12H19NO3/c1-3-15-11-7-10(12(11)14-2)13-8-9-5-4-6-16-9/h4-6,10-13H,3,7-8H2,1-2H3. The van der Waals surface area contributed by atoms with Crippen LogP contribution in [0.2, 0.25) is 0 Å². The molecule has 0 aromatic carbocycles. The van der Waals surface area contributed by atoms with Gasteiger partial charge in [0.05, 0.1) is 25.0 Å². The van der Waals surface area contributed by atoms with Gasteiger partial charge in [0.15, 0.2) is 0 Å². The molecule has 1 aromatic heterocycles. The topological polar surface area (TPSA) is 43.6 Å². The van der Waals surface area contributed by atoms with E-state index in [0.29, 0.717) is 6.04 Å². The fourth-order valence-corrected chi connectivity index (χ4v) is 2.12. The van der Waals surface area contributed by atoms with Crippen LogP contribution in [0.1, 0.15) is 19.1 Å². The number of nitrogens with one attached hydrogen (secondary N) is 1. The van der Waals surface area contributed by atoms with Crippen molar-refractivity contribution in [1.29, 1.82) is 0 Å². The molecule has 0 spiro atoms. The Bertz CT molecular complexity index is 299. The Labute approximate surface area is 95.9 Å². The smallest absolute Gasteiger partial charge is 0.117 e. The second-order valence-electron chi connectivity index (χ2n) is 4.00. The van der Waals surface area contributed by atoms with Crippen molar-refractivity contribution in [3.8, 4) is 0 Å². The third-order valence-electron chi connectivity index (χ3n) is 3.02. The lowest BCUT2D eigenvalue weighted by Gasteiger charge is -2.43. The zero-order valence-corrected chi connectivity index (χ0v) is 9.81. The third kappa shape index (κ3) is 2.45. The van der Waals surface area contributed by atoms with Gasteiger partial charge in [-0.25, -0.2) is 0 Å². The Morgan fingerprint density at radius 2 is 2.44 bits per heavy atom. The summed E-state index contributed by atoms with van der Waals surface area (Å²) in [5.74, 6) is 0.953. The molecule has 16 heavy (non-hydrogen) atoms. The highest BCUT2D eigenvalue weighted by molar-refractivity contribution is 5.01. The van der Waals surface area contributed by atoms with Crippen LogP contribution >= 0.6 is 0 Å². The highest BCUT2D eigenvalue weighted by Crippen LogP contribution is 2.27. The Balaban J connectivity index is 1.75. The van der Waals surface area contributed by atoms with Gasteiger partial charge in [0.1, 0.15) is 5.76 Å². The zero-order valence-electron chi connectivity index (χ0n) is 9.81. The van der Waals surface area contributed by atoms with E-state index in [2.05, 4.69) is 5.32 Å². The van der Waals surface area contributed by atoms with Gasteiger partial charge in [-0.3, -0.25) is 0 Å². The Hall–Kier alpha value is -0.840. The summed E-state index contributed by atoms with van der Waals surface area (Å²) in [6, 6.07) is 4.23. The van der Waals surface area contributed by atoms with Crippen LogP contribution in [0, 0.1) is 0 Å². The molecule has 0 saturated heterocycles. The van der Waals surface area contributed by atoms with Crippen LogP contribution in [0.15, 0.2) is 22.8 Å². The monoisotopic (exact) mass is 225 g/mol. The Morgan fingerprint density at radius 1 is 1.56 bits per heavy atom. The van der Waals surface area contributed by atoms with Crippen molar-refractivity contribution in [2.75, 3.05) is 13.7 Å². The predicted octanol–water partition coefficient (Wildman–Crippen LogP) is 1.56. The van der Waals surface area contributed by atoms with E-state index < -0.39 is 0 Å². The van der Waals surface area contributed by atoms with Gasteiger partial charge in [0.25, 0.3) is 0 Å².